The van der Waals surface area contributed by atoms with Gasteiger partial charge in [0, 0.05) is 4.88 Å². The normalized spacial score (nSPS) is 13.0. The SMILES string of the molecule is Cc1sc2ncnc(NC[C@@H](c3cccs3)[NH+](C)C)c2c1C. The van der Waals surface area contributed by atoms with E-state index in [0.717, 1.165) is 17.2 Å². The summed E-state index contributed by atoms with van der Waals surface area (Å²) in [6.07, 6.45) is 1.66. The lowest BCUT2D eigenvalue weighted by Gasteiger charge is -2.21. The molecule has 1 atom stereocenters. The van der Waals surface area contributed by atoms with Crippen LogP contribution in [0.3, 0.4) is 0 Å². The Hall–Kier alpha value is -1.50. The zero-order chi connectivity index (χ0) is 15.7. The average molecular weight is 334 g/mol. The highest BCUT2D eigenvalue weighted by atomic mass is 32.1. The van der Waals surface area contributed by atoms with Gasteiger partial charge in [0.15, 0.2) is 0 Å². The summed E-state index contributed by atoms with van der Waals surface area (Å²) in [5, 5.41) is 6.86. The van der Waals surface area contributed by atoms with E-state index in [1.807, 2.05) is 11.3 Å². The van der Waals surface area contributed by atoms with Crippen molar-refractivity contribution >= 4 is 38.7 Å². The van der Waals surface area contributed by atoms with E-state index in [9.17, 15) is 0 Å². The first-order valence-electron chi connectivity index (χ1n) is 7.36. The highest BCUT2D eigenvalue weighted by Gasteiger charge is 2.20. The molecule has 0 aliphatic carbocycles. The molecular formula is C16H21N4S2+. The molecule has 3 rings (SSSR count). The molecule has 0 saturated heterocycles. The molecule has 0 amide bonds. The Bertz CT molecular complexity index is 762. The van der Waals surface area contributed by atoms with Crippen molar-refractivity contribution in [1.29, 1.82) is 0 Å². The van der Waals surface area contributed by atoms with Gasteiger partial charge in [0.25, 0.3) is 0 Å². The van der Waals surface area contributed by atoms with Crippen LogP contribution in [0.15, 0.2) is 23.8 Å². The Kier molecular flexibility index (Phi) is 4.42. The zero-order valence-electron chi connectivity index (χ0n) is 13.3. The fourth-order valence-corrected chi connectivity index (χ4v) is 4.55. The quantitative estimate of drug-likeness (QED) is 0.754. The van der Waals surface area contributed by atoms with Gasteiger partial charge in [0.05, 0.1) is 30.9 Å². The van der Waals surface area contributed by atoms with Crippen LogP contribution in [-0.2, 0) is 0 Å². The van der Waals surface area contributed by atoms with Crippen LogP contribution in [0.25, 0.3) is 10.2 Å². The summed E-state index contributed by atoms with van der Waals surface area (Å²) in [6, 6.07) is 4.75. The van der Waals surface area contributed by atoms with E-state index in [2.05, 4.69) is 60.7 Å². The highest BCUT2D eigenvalue weighted by Crippen LogP contribution is 2.32. The van der Waals surface area contributed by atoms with Crippen LogP contribution in [0.2, 0.25) is 0 Å². The maximum atomic E-state index is 4.47. The molecule has 0 spiro atoms. The number of hydrogen-bond donors (Lipinski definition) is 2. The number of anilines is 1. The second-order valence-electron chi connectivity index (χ2n) is 5.71. The molecule has 0 aliphatic rings. The molecule has 3 heterocycles. The van der Waals surface area contributed by atoms with Gasteiger partial charge in [0.2, 0.25) is 0 Å². The minimum absolute atomic E-state index is 0.421. The Morgan fingerprint density at radius 2 is 2.09 bits per heavy atom. The Balaban J connectivity index is 1.87. The molecule has 0 saturated carbocycles. The zero-order valence-corrected chi connectivity index (χ0v) is 14.9. The van der Waals surface area contributed by atoms with Crippen molar-refractivity contribution < 1.29 is 4.90 Å². The van der Waals surface area contributed by atoms with Crippen molar-refractivity contribution in [2.45, 2.75) is 19.9 Å². The number of thiophene rings is 2. The first-order valence-corrected chi connectivity index (χ1v) is 9.05. The van der Waals surface area contributed by atoms with Crippen LogP contribution >= 0.6 is 22.7 Å². The predicted molar refractivity (Wildman–Crippen MR) is 95.2 cm³/mol. The number of fused-ring (bicyclic) bond motifs is 1. The molecule has 0 fully saturated rings. The van der Waals surface area contributed by atoms with Crippen molar-refractivity contribution in [3.63, 3.8) is 0 Å². The van der Waals surface area contributed by atoms with Gasteiger partial charge >= 0.3 is 0 Å². The fourth-order valence-electron chi connectivity index (χ4n) is 2.59. The molecule has 0 unspecified atom stereocenters. The number of hydrogen-bond acceptors (Lipinski definition) is 5. The van der Waals surface area contributed by atoms with Gasteiger partial charge < -0.3 is 10.2 Å². The number of nitrogens with one attached hydrogen (secondary N) is 2. The minimum atomic E-state index is 0.421. The third kappa shape index (κ3) is 2.86. The van der Waals surface area contributed by atoms with E-state index in [0.29, 0.717) is 6.04 Å². The third-order valence-electron chi connectivity index (χ3n) is 4.02. The first-order chi connectivity index (χ1) is 10.6. The maximum Gasteiger partial charge on any atom is 0.139 e. The number of rotatable bonds is 5. The minimum Gasteiger partial charge on any atom is -0.363 e. The molecule has 2 N–H and O–H groups in total. The van der Waals surface area contributed by atoms with Crippen LogP contribution in [0, 0.1) is 13.8 Å². The molecule has 6 heteroatoms. The van der Waals surface area contributed by atoms with Gasteiger partial charge in [-0.1, -0.05) is 6.07 Å². The van der Waals surface area contributed by atoms with Gasteiger partial charge in [-0.2, -0.15) is 0 Å². The van der Waals surface area contributed by atoms with E-state index in [4.69, 9.17) is 0 Å². The van der Waals surface area contributed by atoms with E-state index < -0.39 is 0 Å². The molecule has 3 aromatic rings. The summed E-state index contributed by atoms with van der Waals surface area (Å²) >= 11 is 3.55. The van der Waals surface area contributed by atoms with Crippen LogP contribution in [0.5, 0.6) is 0 Å². The lowest BCUT2D eigenvalue weighted by molar-refractivity contribution is -0.889. The number of quaternary nitrogens is 1. The second kappa shape index (κ2) is 6.32. The van der Waals surface area contributed by atoms with Crippen LogP contribution in [0.1, 0.15) is 21.4 Å². The van der Waals surface area contributed by atoms with E-state index in [1.54, 1.807) is 17.7 Å². The van der Waals surface area contributed by atoms with Crippen molar-refractivity contribution in [2.24, 2.45) is 0 Å². The van der Waals surface area contributed by atoms with Gasteiger partial charge in [-0.05, 0) is 30.9 Å². The van der Waals surface area contributed by atoms with Crippen molar-refractivity contribution in [3.8, 4) is 0 Å². The maximum absolute atomic E-state index is 4.47. The monoisotopic (exact) mass is 333 g/mol. The van der Waals surface area contributed by atoms with Crippen molar-refractivity contribution in [1.82, 2.24) is 9.97 Å². The third-order valence-corrected chi connectivity index (χ3v) is 6.12. The van der Waals surface area contributed by atoms with Crippen molar-refractivity contribution in [2.75, 3.05) is 26.0 Å². The predicted octanol–water partition coefficient (Wildman–Crippen LogP) is 2.67. The smallest absolute Gasteiger partial charge is 0.139 e. The van der Waals surface area contributed by atoms with E-state index in [-0.39, 0.29) is 0 Å². The van der Waals surface area contributed by atoms with Crippen LogP contribution < -0.4 is 10.2 Å². The Morgan fingerprint density at radius 1 is 1.27 bits per heavy atom. The molecular weight excluding hydrogens is 312 g/mol. The number of likely N-dealkylation sites (N-methyl/N-ethyl adjacent to an activating group) is 1. The topological polar surface area (TPSA) is 42.2 Å². The standard InChI is InChI=1S/C16H20N4S2/c1-10-11(2)22-16-14(10)15(18-9-19-16)17-8-12(20(3)4)13-6-5-7-21-13/h5-7,9,12H,8H2,1-4H3,(H,17,18,19)/p+1/t12-/m0/s1. The fraction of sp³-hybridized carbons (Fsp3) is 0.375. The number of aryl methyl sites for hydroxylation is 2. The average Bonchev–Trinajstić information content (AvgIpc) is 3.09. The summed E-state index contributed by atoms with van der Waals surface area (Å²) in [7, 11) is 4.39. The van der Waals surface area contributed by atoms with Gasteiger partial charge in [-0.25, -0.2) is 9.97 Å². The van der Waals surface area contributed by atoms with E-state index >= 15 is 0 Å². The Morgan fingerprint density at radius 3 is 2.77 bits per heavy atom. The lowest BCUT2D eigenvalue weighted by atomic mass is 10.2. The van der Waals surface area contributed by atoms with Crippen LogP contribution in [-0.4, -0.2) is 30.6 Å². The lowest BCUT2D eigenvalue weighted by Crippen LogP contribution is -3.06. The molecule has 0 radical (unpaired) electrons. The van der Waals surface area contributed by atoms with Crippen LogP contribution in [0.4, 0.5) is 5.82 Å². The molecule has 0 bridgehead atoms. The molecule has 3 aromatic heterocycles. The largest absolute Gasteiger partial charge is 0.363 e. The summed E-state index contributed by atoms with van der Waals surface area (Å²) < 4.78 is 0. The summed E-state index contributed by atoms with van der Waals surface area (Å²) in [5.74, 6) is 0.953. The highest BCUT2D eigenvalue weighted by molar-refractivity contribution is 7.18. The van der Waals surface area contributed by atoms with Crippen molar-refractivity contribution in [3.05, 3.63) is 39.2 Å². The summed E-state index contributed by atoms with van der Waals surface area (Å²) in [4.78, 5) is 14.1. The second-order valence-corrected chi connectivity index (χ2v) is 7.89. The molecule has 0 aromatic carbocycles. The van der Waals surface area contributed by atoms with Gasteiger partial charge in [-0.3, -0.25) is 0 Å². The summed E-state index contributed by atoms with van der Waals surface area (Å²) in [6.45, 7) is 5.16. The van der Waals surface area contributed by atoms with Gasteiger partial charge in [-0.15, -0.1) is 22.7 Å². The number of aromatic nitrogens is 2. The molecule has 22 heavy (non-hydrogen) atoms. The van der Waals surface area contributed by atoms with Gasteiger partial charge in [0.1, 0.15) is 23.0 Å². The summed E-state index contributed by atoms with van der Waals surface area (Å²) in [5.41, 5.74) is 1.29. The Labute approximate surface area is 138 Å². The molecule has 116 valence electrons. The first kappa shape index (κ1) is 15.4. The molecule has 0 aliphatic heterocycles. The van der Waals surface area contributed by atoms with E-state index in [1.165, 1.54) is 25.6 Å². The molecule has 4 nitrogen and oxygen atoms in total. The number of nitrogens with zero attached hydrogens (tertiary/aromatic N) is 2.